The van der Waals surface area contributed by atoms with E-state index in [1.807, 2.05) is 51.1 Å². The van der Waals surface area contributed by atoms with Crippen LogP contribution in [0.1, 0.15) is 49.6 Å². The number of amides is 1. The smallest absolute Gasteiger partial charge is 0.291 e. The number of ether oxygens (including phenoxy) is 1. The summed E-state index contributed by atoms with van der Waals surface area (Å²) in [6, 6.07) is 12.8. The maximum atomic E-state index is 12.8. The van der Waals surface area contributed by atoms with Crippen LogP contribution >= 0.6 is 11.3 Å². The molecule has 0 bridgehead atoms. The fraction of sp³-hybridized carbons (Fsp3) is 0.240. The van der Waals surface area contributed by atoms with Crippen LogP contribution in [0, 0.1) is 27.7 Å². The fourth-order valence-electron chi connectivity index (χ4n) is 3.70. The predicted molar refractivity (Wildman–Crippen MR) is 130 cm³/mol. The number of anilines is 2. The Balaban J connectivity index is 1.79. The second-order valence-electron chi connectivity index (χ2n) is 7.78. The molecule has 1 unspecified atom stereocenters. The third-order valence-electron chi connectivity index (χ3n) is 5.40. The summed E-state index contributed by atoms with van der Waals surface area (Å²) >= 11 is 1.53. The van der Waals surface area contributed by atoms with Crippen LogP contribution in [0.4, 0.5) is 10.9 Å². The fourth-order valence-corrected chi connectivity index (χ4v) is 4.79. The number of furan rings is 1. The van der Waals surface area contributed by atoms with Gasteiger partial charge in [0.25, 0.3) is 5.91 Å². The second-order valence-corrected chi connectivity index (χ2v) is 9.01. The predicted octanol–water partition coefficient (Wildman–Crippen LogP) is 5.83. The average Bonchev–Trinajstić information content (AvgIpc) is 3.41. The molecular formula is C25H26N4O3S. The lowest BCUT2D eigenvalue weighted by atomic mass is 9.96. The molecule has 0 aliphatic rings. The Hall–Kier alpha value is -3.65. The van der Waals surface area contributed by atoms with Crippen molar-refractivity contribution in [3.05, 3.63) is 87.4 Å². The van der Waals surface area contributed by atoms with Crippen LogP contribution in [0.2, 0.25) is 0 Å². The maximum Gasteiger partial charge on any atom is 0.291 e. The van der Waals surface area contributed by atoms with Gasteiger partial charge in [0.1, 0.15) is 10.8 Å². The summed E-state index contributed by atoms with van der Waals surface area (Å²) in [5.41, 5.74) is 4.80. The van der Waals surface area contributed by atoms with Gasteiger partial charge in [-0.2, -0.15) is 0 Å². The number of hydrogen-bond acceptors (Lipinski definition) is 7. The third-order valence-corrected chi connectivity index (χ3v) is 6.54. The van der Waals surface area contributed by atoms with E-state index in [0.717, 1.165) is 43.7 Å². The van der Waals surface area contributed by atoms with Gasteiger partial charge in [-0.05, 0) is 69.2 Å². The zero-order chi connectivity index (χ0) is 23.5. The molecular weight excluding hydrogens is 436 g/mol. The first kappa shape index (κ1) is 22.5. The van der Waals surface area contributed by atoms with Crippen LogP contribution in [0.25, 0.3) is 0 Å². The molecule has 0 fully saturated rings. The number of thiophene rings is 1. The average molecular weight is 463 g/mol. The minimum atomic E-state index is -0.297. The first-order valence-electron chi connectivity index (χ1n) is 10.5. The van der Waals surface area contributed by atoms with Gasteiger partial charge in [-0.15, -0.1) is 11.3 Å². The minimum Gasteiger partial charge on any atom is -0.497 e. The van der Waals surface area contributed by atoms with E-state index in [2.05, 4.69) is 27.5 Å². The molecule has 7 nitrogen and oxygen atoms in total. The Morgan fingerprint density at radius 3 is 2.36 bits per heavy atom. The Labute approximate surface area is 196 Å². The number of carbonyl (C=O) groups is 1. The highest BCUT2D eigenvalue weighted by Crippen LogP contribution is 2.41. The van der Waals surface area contributed by atoms with Gasteiger partial charge < -0.3 is 19.8 Å². The number of aryl methyl sites for hydroxylation is 3. The van der Waals surface area contributed by atoms with Crippen molar-refractivity contribution in [3.8, 4) is 5.75 Å². The van der Waals surface area contributed by atoms with Gasteiger partial charge >= 0.3 is 0 Å². The monoisotopic (exact) mass is 462 g/mol. The SMILES string of the molecule is COc1ccc(C(Nc2nc(C)cc(C)n2)c2c(NC(=O)c3ccco3)sc(C)c2C)cc1. The lowest BCUT2D eigenvalue weighted by Gasteiger charge is -2.22. The number of benzene rings is 1. The number of rotatable bonds is 7. The van der Waals surface area contributed by atoms with Crippen molar-refractivity contribution in [1.29, 1.82) is 0 Å². The summed E-state index contributed by atoms with van der Waals surface area (Å²) in [6.07, 6.45) is 1.49. The van der Waals surface area contributed by atoms with Crippen LogP contribution in [0.3, 0.4) is 0 Å². The van der Waals surface area contributed by atoms with E-state index >= 15 is 0 Å². The van der Waals surface area contributed by atoms with Gasteiger partial charge in [0.2, 0.25) is 5.95 Å². The molecule has 33 heavy (non-hydrogen) atoms. The molecule has 1 amide bonds. The van der Waals surface area contributed by atoms with Crippen LogP contribution in [0.5, 0.6) is 5.75 Å². The third kappa shape index (κ3) is 4.90. The van der Waals surface area contributed by atoms with Crippen LogP contribution < -0.4 is 15.4 Å². The maximum absolute atomic E-state index is 12.8. The van der Waals surface area contributed by atoms with E-state index in [9.17, 15) is 4.79 Å². The highest BCUT2D eigenvalue weighted by molar-refractivity contribution is 7.16. The summed E-state index contributed by atoms with van der Waals surface area (Å²) in [4.78, 5) is 23.1. The summed E-state index contributed by atoms with van der Waals surface area (Å²) in [7, 11) is 1.64. The van der Waals surface area contributed by atoms with Gasteiger partial charge in [-0.3, -0.25) is 4.79 Å². The Morgan fingerprint density at radius 2 is 1.76 bits per heavy atom. The van der Waals surface area contributed by atoms with Crippen LogP contribution in [-0.2, 0) is 0 Å². The molecule has 3 aromatic heterocycles. The first-order chi connectivity index (χ1) is 15.9. The van der Waals surface area contributed by atoms with E-state index in [1.54, 1.807) is 19.2 Å². The van der Waals surface area contributed by atoms with Gasteiger partial charge in [0.05, 0.1) is 19.4 Å². The van der Waals surface area contributed by atoms with E-state index in [1.165, 1.54) is 17.6 Å². The minimum absolute atomic E-state index is 0.260. The lowest BCUT2D eigenvalue weighted by molar-refractivity contribution is 0.0997. The molecule has 0 saturated carbocycles. The highest BCUT2D eigenvalue weighted by Gasteiger charge is 2.26. The van der Waals surface area contributed by atoms with E-state index in [4.69, 9.17) is 9.15 Å². The molecule has 4 rings (SSSR count). The van der Waals surface area contributed by atoms with Crippen LogP contribution in [-0.4, -0.2) is 23.0 Å². The summed E-state index contributed by atoms with van der Waals surface area (Å²) in [5, 5.41) is 7.29. The summed E-state index contributed by atoms with van der Waals surface area (Å²) < 4.78 is 10.6. The molecule has 2 N–H and O–H groups in total. The van der Waals surface area contributed by atoms with E-state index < -0.39 is 0 Å². The summed E-state index contributed by atoms with van der Waals surface area (Å²) in [6.45, 7) is 7.99. The molecule has 0 radical (unpaired) electrons. The number of aromatic nitrogens is 2. The Kier molecular flexibility index (Phi) is 6.46. The van der Waals surface area contributed by atoms with Gasteiger partial charge in [0.15, 0.2) is 5.76 Å². The van der Waals surface area contributed by atoms with Gasteiger partial charge in [0, 0.05) is 21.8 Å². The largest absolute Gasteiger partial charge is 0.497 e. The molecule has 0 aliphatic heterocycles. The zero-order valence-electron chi connectivity index (χ0n) is 19.2. The molecule has 4 aromatic rings. The van der Waals surface area contributed by atoms with Crippen molar-refractivity contribution >= 4 is 28.2 Å². The van der Waals surface area contributed by atoms with E-state index in [0.29, 0.717) is 5.95 Å². The normalized spacial score (nSPS) is 11.8. The summed E-state index contributed by atoms with van der Waals surface area (Å²) in [5.74, 6) is 1.26. The molecule has 3 heterocycles. The van der Waals surface area contributed by atoms with Crippen molar-refractivity contribution < 1.29 is 13.9 Å². The molecule has 8 heteroatoms. The van der Waals surface area contributed by atoms with Crippen molar-refractivity contribution in [1.82, 2.24) is 9.97 Å². The molecule has 0 saturated heterocycles. The van der Waals surface area contributed by atoms with Crippen molar-refractivity contribution in [2.75, 3.05) is 17.7 Å². The standard InChI is InChI=1S/C25H26N4O3S/c1-14-13-15(2)27-25(26-14)28-22(18-8-10-19(31-5)11-9-18)21-16(3)17(4)33-24(21)29-23(30)20-7-6-12-32-20/h6-13,22H,1-5H3,(H,29,30)(H,26,27,28). The number of carbonyl (C=O) groups excluding carboxylic acids is 1. The second kappa shape index (κ2) is 9.46. The van der Waals surface area contributed by atoms with Crippen LogP contribution in [0.15, 0.2) is 53.1 Å². The first-order valence-corrected chi connectivity index (χ1v) is 11.3. The molecule has 1 atom stereocenters. The molecule has 170 valence electrons. The van der Waals surface area contributed by atoms with Crippen molar-refractivity contribution in [2.24, 2.45) is 0 Å². The number of hydrogen-bond donors (Lipinski definition) is 2. The van der Waals surface area contributed by atoms with Gasteiger partial charge in [-0.1, -0.05) is 12.1 Å². The molecule has 0 spiro atoms. The Morgan fingerprint density at radius 1 is 1.06 bits per heavy atom. The number of methoxy groups -OCH3 is 1. The zero-order valence-corrected chi connectivity index (χ0v) is 20.0. The topological polar surface area (TPSA) is 89.3 Å². The van der Waals surface area contributed by atoms with Crippen molar-refractivity contribution in [3.63, 3.8) is 0 Å². The van der Waals surface area contributed by atoms with E-state index in [-0.39, 0.29) is 17.7 Å². The van der Waals surface area contributed by atoms with Crippen molar-refractivity contribution in [2.45, 2.75) is 33.7 Å². The number of nitrogens with one attached hydrogen (secondary N) is 2. The van der Waals surface area contributed by atoms with Gasteiger partial charge in [-0.25, -0.2) is 9.97 Å². The quantitative estimate of drug-likeness (QED) is 0.359. The lowest BCUT2D eigenvalue weighted by Crippen LogP contribution is -2.18. The highest BCUT2D eigenvalue weighted by atomic mass is 32.1. The Bertz CT molecular complexity index is 1240. The molecule has 1 aromatic carbocycles. The molecule has 0 aliphatic carbocycles. The number of nitrogens with zero attached hydrogens (tertiary/aromatic N) is 2.